The minimum absolute atomic E-state index is 0.00527. The largest absolute Gasteiger partial charge is 0.355 e. The van der Waals surface area contributed by atoms with Gasteiger partial charge in [-0.05, 0) is 55.9 Å². The molecular formula is C26H34FN3O2. The quantitative estimate of drug-likeness (QED) is 0.583. The van der Waals surface area contributed by atoms with Crippen molar-refractivity contribution in [3.8, 4) is 0 Å². The van der Waals surface area contributed by atoms with Crippen LogP contribution in [0, 0.1) is 12.7 Å². The van der Waals surface area contributed by atoms with Crippen LogP contribution in [0.4, 0.5) is 9.18 Å². The van der Waals surface area contributed by atoms with Gasteiger partial charge in [0.05, 0.1) is 6.54 Å². The molecule has 1 heterocycles. The summed E-state index contributed by atoms with van der Waals surface area (Å²) in [5, 5.41) is 5.63. The predicted octanol–water partition coefficient (Wildman–Crippen LogP) is 4.75. The molecule has 1 saturated heterocycles. The van der Waals surface area contributed by atoms with Gasteiger partial charge in [-0.3, -0.25) is 4.79 Å². The lowest BCUT2D eigenvalue weighted by molar-refractivity contribution is -0.120. The average molecular weight is 440 g/mol. The maximum absolute atomic E-state index is 13.4. The van der Waals surface area contributed by atoms with E-state index in [2.05, 4.69) is 41.8 Å². The Morgan fingerprint density at radius 2 is 1.50 bits per heavy atom. The zero-order valence-corrected chi connectivity index (χ0v) is 18.9. The maximum atomic E-state index is 13.4. The molecule has 1 fully saturated rings. The monoisotopic (exact) mass is 439 g/mol. The van der Waals surface area contributed by atoms with Crippen LogP contribution < -0.4 is 10.6 Å². The molecular weight excluding hydrogens is 405 g/mol. The molecule has 5 nitrogen and oxygen atoms in total. The number of urea groups is 1. The molecule has 0 aromatic heterocycles. The van der Waals surface area contributed by atoms with Crippen molar-refractivity contribution >= 4 is 11.9 Å². The van der Waals surface area contributed by atoms with Gasteiger partial charge in [-0.25, -0.2) is 9.18 Å². The minimum atomic E-state index is -0.245. The Morgan fingerprint density at radius 1 is 0.906 bits per heavy atom. The third kappa shape index (κ3) is 7.36. The second-order valence-electron chi connectivity index (χ2n) is 8.57. The zero-order valence-electron chi connectivity index (χ0n) is 18.9. The van der Waals surface area contributed by atoms with E-state index in [4.69, 9.17) is 0 Å². The number of likely N-dealkylation sites (tertiary alicyclic amines) is 1. The number of nitrogens with one attached hydrogen (secondary N) is 2. The summed E-state index contributed by atoms with van der Waals surface area (Å²) in [6.45, 7) is 4.10. The van der Waals surface area contributed by atoms with Crippen LogP contribution in [0.15, 0.2) is 48.5 Å². The van der Waals surface area contributed by atoms with Gasteiger partial charge < -0.3 is 15.5 Å². The number of aryl methyl sites for hydroxylation is 1. The smallest absolute Gasteiger partial charge is 0.317 e. The molecule has 0 aliphatic carbocycles. The van der Waals surface area contributed by atoms with Crippen molar-refractivity contribution in [1.29, 1.82) is 0 Å². The van der Waals surface area contributed by atoms with Crippen molar-refractivity contribution in [3.05, 3.63) is 71.0 Å². The van der Waals surface area contributed by atoms with Crippen LogP contribution in [0.3, 0.4) is 0 Å². The van der Waals surface area contributed by atoms with Crippen LogP contribution >= 0.6 is 0 Å². The summed E-state index contributed by atoms with van der Waals surface area (Å²) in [5.41, 5.74) is 3.44. The van der Waals surface area contributed by atoms with E-state index in [1.165, 1.54) is 23.3 Å². The van der Waals surface area contributed by atoms with Gasteiger partial charge in [-0.15, -0.1) is 0 Å². The van der Waals surface area contributed by atoms with E-state index in [-0.39, 0.29) is 30.2 Å². The number of rotatable bonds is 8. The van der Waals surface area contributed by atoms with Crippen molar-refractivity contribution in [3.63, 3.8) is 0 Å². The maximum Gasteiger partial charge on any atom is 0.317 e. The summed E-state index contributed by atoms with van der Waals surface area (Å²) in [5.74, 6) is -0.288. The molecule has 0 saturated carbocycles. The molecule has 2 aromatic rings. The molecule has 0 bridgehead atoms. The lowest BCUT2D eigenvalue weighted by atomic mass is 9.87. The molecule has 6 heteroatoms. The standard InChI is InChI=1S/C26H34FN3O2/c1-20-8-10-21(11-9-20)24(22-12-14-23(27)15-13-22)7-6-16-28-25(31)19-29-26(32)30-17-4-2-3-5-18-30/h8-15,24H,2-7,16-19H2,1H3,(H,28,31)(H,29,32). The molecule has 1 aliphatic rings. The number of hydrogen-bond acceptors (Lipinski definition) is 2. The summed E-state index contributed by atoms with van der Waals surface area (Å²) < 4.78 is 13.4. The normalized spacial score (nSPS) is 15.0. The lowest BCUT2D eigenvalue weighted by Crippen LogP contribution is -2.44. The highest BCUT2D eigenvalue weighted by molar-refractivity contribution is 5.83. The second kappa shape index (κ2) is 12.2. The first-order valence-corrected chi connectivity index (χ1v) is 11.6. The summed E-state index contributed by atoms with van der Waals surface area (Å²) in [4.78, 5) is 26.2. The van der Waals surface area contributed by atoms with Gasteiger partial charge in [0.15, 0.2) is 0 Å². The van der Waals surface area contributed by atoms with Crippen LogP contribution in [0.25, 0.3) is 0 Å². The van der Waals surface area contributed by atoms with Crippen molar-refractivity contribution in [2.24, 2.45) is 0 Å². The van der Waals surface area contributed by atoms with Crippen LogP contribution in [0.1, 0.15) is 61.1 Å². The Balaban J connectivity index is 1.45. The van der Waals surface area contributed by atoms with Gasteiger partial charge in [-0.1, -0.05) is 54.8 Å². The van der Waals surface area contributed by atoms with E-state index in [9.17, 15) is 14.0 Å². The Kier molecular flexibility index (Phi) is 9.08. The number of hydrogen-bond donors (Lipinski definition) is 2. The van der Waals surface area contributed by atoms with Crippen molar-refractivity contribution in [2.75, 3.05) is 26.2 Å². The SMILES string of the molecule is Cc1ccc(C(CCCNC(=O)CNC(=O)N2CCCCCC2)c2ccc(F)cc2)cc1. The Labute approximate surface area is 190 Å². The number of amides is 3. The first-order valence-electron chi connectivity index (χ1n) is 11.6. The highest BCUT2D eigenvalue weighted by Crippen LogP contribution is 2.29. The summed E-state index contributed by atoms with van der Waals surface area (Å²) in [6.07, 6.45) is 5.97. The van der Waals surface area contributed by atoms with Crippen LogP contribution in [-0.2, 0) is 4.79 Å². The second-order valence-corrected chi connectivity index (χ2v) is 8.57. The van der Waals surface area contributed by atoms with E-state index < -0.39 is 0 Å². The Morgan fingerprint density at radius 3 is 2.12 bits per heavy atom. The number of nitrogens with zero attached hydrogens (tertiary/aromatic N) is 1. The highest BCUT2D eigenvalue weighted by atomic mass is 19.1. The van der Waals surface area contributed by atoms with Crippen LogP contribution in [-0.4, -0.2) is 43.0 Å². The Hall–Kier alpha value is -2.89. The molecule has 3 rings (SSSR count). The van der Waals surface area contributed by atoms with E-state index >= 15 is 0 Å². The third-order valence-electron chi connectivity index (χ3n) is 6.04. The van der Waals surface area contributed by atoms with Gasteiger partial charge in [0.1, 0.15) is 5.82 Å². The van der Waals surface area contributed by atoms with Gasteiger partial charge in [-0.2, -0.15) is 0 Å². The van der Waals surface area contributed by atoms with Crippen molar-refractivity contribution in [1.82, 2.24) is 15.5 Å². The minimum Gasteiger partial charge on any atom is -0.355 e. The molecule has 1 aliphatic heterocycles. The molecule has 0 spiro atoms. The molecule has 172 valence electrons. The summed E-state index contributed by atoms with van der Waals surface area (Å²) in [7, 11) is 0. The van der Waals surface area contributed by atoms with Gasteiger partial charge >= 0.3 is 6.03 Å². The zero-order chi connectivity index (χ0) is 22.8. The van der Waals surface area contributed by atoms with Gasteiger partial charge in [0.2, 0.25) is 5.91 Å². The Bertz CT molecular complexity index is 814. The van der Waals surface area contributed by atoms with Gasteiger partial charge in [0, 0.05) is 25.6 Å². The fraction of sp³-hybridized carbons (Fsp3) is 0.462. The van der Waals surface area contributed by atoms with E-state index in [0.29, 0.717) is 6.54 Å². The molecule has 2 aromatic carbocycles. The van der Waals surface area contributed by atoms with Crippen molar-refractivity contribution in [2.45, 2.75) is 51.4 Å². The van der Waals surface area contributed by atoms with Gasteiger partial charge in [0.25, 0.3) is 0 Å². The summed E-state index contributed by atoms with van der Waals surface area (Å²) in [6, 6.07) is 14.9. The lowest BCUT2D eigenvalue weighted by Gasteiger charge is -2.20. The number of carbonyl (C=O) groups excluding carboxylic acids is 2. The fourth-order valence-corrected chi connectivity index (χ4v) is 4.16. The number of carbonyl (C=O) groups is 2. The molecule has 1 unspecified atom stereocenters. The van der Waals surface area contributed by atoms with E-state index in [1.54, 1.807) is 4.90 Å². The molecule has 3 amide bonds. The topological polar surface area (TPSA) is 61.4 Å². The average Bonchev–Trinajstić information content (AvgIpc) is 3.09. The predicted molar refractivity (Wildman–Crippen MR) is 125 cm³/mol. The van der Waals surface area contributed by atoms with Crippen LogP contribution in [0.5, 0.6) is 0 Å². The van der Waals surface area contributed by atoms with Crippen LogP contribution in [0.2, 0.25) is 0 Å². The third-order valence-corrected chi connectivity index (χ3v) is 6.04. The molecule has 2 N–H and O–H groups in total. The molecule has 0 radical (unpaired) electrons. The highest BCUT2D eigenvalue weighted by Gasteiger charge is 2.17. The molecule has 1 atom stereocenters. The fourth-order valence-electron chi connectivity index (χ4n) is 4.16. The van der Waals surface area contributed by atoms with Crippen molar-refractivity contribution < 1.29 is 14.0 Å². The number of halogens is 1. The number of benzene rings is 2. The molecule has 32 heavy (non-hydrogen) atoms. The first kappa shape index (κ1) is 23.8. The first-order chi connectivity index (χ1) is 15.5. The summed E-state index contributed by atoms with van der Waals surface area (Å²) >= 11 is 0. The van der Waals surface area contributed by atoms with E-state index in [0.717, 1.165) is 57.2 Å². The van der Waals surface area contributed by atoms with E-state index in [1.807, 2.05) is 12.1 Å².